The number of cyclic esters (lactones) is 3. The molecule has 0 radical (unpaired) electrons. The summed E-state index contributed by atoms with van der Waals surface area (Å²) in [5, 5.41) is 93.5. The molecule has 2 saturated heterocycles. The molecular formula is C61H66N10O24S. The number of thioether (sulfide) groups is 1. The van der Waals surface area contributed by atoms with E-state index < -0.39 is 172 Å². The minimum absolute atomic E-state index is 0.0303. The van der Waals surface area contributed by atoms with E-state index in [4.69, 9.17) is 28.4 Å². The average molecular weight is 1360 g/mol. The number of ether oxygens (including phenoxy) is 6. The van der Waals surface area contributed by atoms with Gasteiger partial charge in [0, 0.05) is 30.5 Å². The van der Waals surface area contributed by atoms with Gasteiger partial charge in [0.2, 0.25) is 11.8 Å². The van der Waals surface area contributed by atoms with Crippen LogP contribution in [0.25, 0.3) is 0 Å². The fraction of sp³-hybridized carbons (Fsp3) is 0.361. The van der Waals surface area contributed by atoms with Gasteiger partial charge in [0.05, 0.1) is 68.6 Å². The Morgan fingerprint density at radius 1 is 0.635 bits per heavy atom. The molecule has 0 aliphatic carbocycles. The maximum absolute atomic E-state index is 13.7. The van der Waals surface area contributed by atoms with Crippen LogP contribution < -0.4 is 31.9 Å². The number of hydrogen-bond donors (Lipinski definition) is 13. The summed E-state index contributed by atoms with van der Waals surface area (Å²) in [4.78, 5) is 147. The van der Waals surface area contributed by atoms with Crippen LogP contribution in [-0.4, -0.2) is 222 Å². The number of carboxylic acid groups (broad SMARTS) is 1. The lowest BCUT2D eigenvalue weighted by atomic mass is 10.0. The quantitative estimate of drug-likeness (QED) is 0.00965. The summed E-state index contributed by atoms with van der Waals surface area (Å²) in [6, 6.07) is 8.77. The van der Waals surface area contributed by atoms with Gasteiger partial charge in [-0.3, -0.25) is 38.5 Å². The largest absolute Gasteiger partial charge is 0.504 e. The zero-order valence-electron chi connectivity index (χ0n) is 50.9. The van der Waals surface area contributed by atoms with Crippen LogP contribution in [0.4, 0.5) is 0 Å². The summed E-state index contributed by atoms with van der Waals surface area (Å²) in [6.45, 7) is -0.384. The van der Waals surface area contributed by atoms with Gasteiger partial charge in [-0.05, 0) is 67.3 Å². The molecule has 4 heterocycles. The third-order valence-corrected chi connectivity index (χ3v) is 16.0. The number of benzene rings is 4. The number of aromatic nitrogens is 3. The number of fused-ring (bicyclic) bond motifs is 1. The molecule has 2 fully saturated rings. The van der Waals surface area contributed by atoms with Crippen LogP contribution in [0.5, 0.6) is 34.5 Å². The predicted octanol–water partition coefficient (Wildman–Crippen LogP) is -0.731. The first kappa shape index (κ1) is 70.8. The Balaban J connectivity index is 0.736. The number of nitrogens with zero attached hydrogens (tertiary/aromatic N) is 4. The van der Waals surface area contributed by atoms with E-state index in [9.17, 15) is 88.5 Å². The van der Waals surface area contributed by atoms with Gasteiger partial charge < -0.3 is 96.1 Å². The Bertz CT molecular complexity index is 3730. The predicted molar refractivity (Wildman–Crippen MR) is 326 cm³/mol. The number of aryl methyl sites for hydroxylation is 1. The Morgan fingerprint density at radius 2 is 1.17 bits per heavy atom. The number of carboxylic acids is 1. The van der Waals surface area contributed by atoms with Crippen molar-refractivity contribution in [2.45, 2.75) is 68.3 Å². The number of aliphatic carboxylic acids is 1. The summed E-state index contributed by atoms with van der Waals surface area (Å²) >= 11 is 1.34. The normalized spacial score (nSPS) is 18.3. The van der Waals surface area contributed by atoms with E-state index in [1.165, 1.54) is 28.8 Å². The highest BCUT2D eigenvalue weighted by Gasteiger charge is 2.54. The number of hydrogen-bond acceptors (Lipinski definition) is 26. The number of β-lactam (4-membered cyclic amide) rings is 1. The Morgan fingerprint density at radius 3 is 1.73 bits per heavy atom. The summed E-state index contributed by atoms with van der Waals surface area (Å²) in [5.41, 5.74) is -0.679. The summed E-state index contributed by atoms with van der Waals surface area (Å²) < 4.78 is 33.8. The van der Waals surface area contributed by atoms with Gasteiger partial charge in [0.25, 0.3) is 29.5 Å². The molecule has 3 aliphatic rings. The third-order valence-electron chi connectivity index (χ3n) is 14.6. The molecular weight excluding hydrogens is 1290 g/mol. The number of phenolic OH excluding ortho intramolecular Hbond substituents is 6. The minimum Gasteiger partial charge on any atom is -0.504 e. The molecule has 35 heteroatoms. The molecule has 4 aromatic carbocycles. The molecule has 1 aromatic heterocycles. The topological polar surface area (TPSA) is 491 Å². The van der Waals surface area contributed by atoms with Crippen molar-refractivity contribution < 1.29 is 117 Å². The average Bonchev–Trinajstić information content (AvgIpc) is 0.779. The highest BCUT2D eigenvalue weighted by molar-refractivity contribution is 8.00. The Labute approximate surface area is 548 Å². The standard InChI is InChI=1S/C61H66N10O24S/c1-31-30-96-57-46(56(84)71(57)47(31)58(85)86)67-55(83)45(32-8-3-2-4-9-32)66-44(75)15-5-10-34-26-70(69-68-34)17-19-91-21-23-92-22-20-90-18-16-62-51(79)33-24-37(50(78)43(74)25-33)54(82)65-40-29-95-60(88)38(63-52(80)35-11-6-13-41(72)48(35)76)27-93-59(87)39(28-94-61(40)89)64-53(81)36-12-7-14-42(73)49(36)77/h2-4,6-9,11-14,24-26,38-40,45-46,57,72-74,76-78H,5,10,15-23,27-30H2,1H3,(H,62,79)(H,63,80)(H,64,81)(H,65,82)(H,66,75)(H,67,83)(H,85,86)/t38-,39-,40-,45+,46+,57+/m0/s1. The lowest BCUT2D eigenvalue weighted by Gasteiger charge is -2.49. The third kappa shape index (κ3) is 18.2. The van der Waals surface area contributed by atoms with E-state index in [1.54, 1.807) is 48.1 Å². The van der Waals surface area contributed by atoms with Crippen molar-refractivity contribution >= 4 is 77.0 Å². The Kier molecular flexibility index (Phi) is 24.5. The van der Waals surface area contributed by atoms with Gasteiger partial charge in [-0.15, -0.1) is 16.9 Å². The zero-order chi connectivity index (χ0) is 69.2. The fourth-order valence-corrected chi connectivity index (χ4v) is 10.9. The van der Waals surface area contributed by atoms with Gasteiger partial charge in [-0.2, -0.15) is 0 Å². The molecule has 510 valence electrons. The lowest BCUT2D eigenvalue weighted by molar-refractivity contribution is -0.161. The van der Waals surface area contributed by atoms with Crippen molar-refractivity contribution in [2.24, 2.45) is 0 Å². The minimum atomic E-state index is -2.04. The van der Waals surface area contributed by atoms with Crippen molar-refractivity contribution in [3.05, 3.63) is 130 Å². The number of para-hydroxylation sites is 2. The monoisotopic (exact) mass is 1350 g/mol. The zero-order valence-corrected chi connectivity index (χ0v) is 51.7. The van der Waals surface area contributed by atoms with Gasteiger partial charge in [-0.25, -0.2) is 23.9 Å². The molecule has 0 unspecified atom stereocenters. The van der Waals surface area contributed by atoms with E-state index >= 15 is 0 Å². The number of nitrogens with one attached hydrogen (secondary N) is 6. The van der Waals surface area contributed by atoms with Crippen LogP contribution in [0.3, 0.4) is 0 Å². The summed E-state index contributed by atoms with van der Waals surface area (Å²) in [5.74, 6) is -16.5. The summed E-state index contributed by atoms with van der Waals surface area (Å²) in [7, 11) is 0. The fourth-order valence-electron chi connectivity index (χ4n) is 9.59. The molecule has 3 aliphatic heterocycles. The van der Waals surface area contributed by atoms with Crippen molar-refractivity contribution in [3.8, 4) is 34.5 Å². The van der Waals surface area contributed by atoms with E-state index in [0.29, 0.717) is 42.0 Å². The molecule has 13 N–H and O–H groups in total. The summed E-state index contributed by atoms with van der Waals surface area (Å²) in [6.07, 6.45) is 2.53. The van der Waals surface area contributed by atoms with Crippen LogP contribution in [0.2, 0.25) is 0 Å². The number of rotatable bonds is 28. The van der Waals surface area contributed by atoms with Crippen LogP contribution in [-0.2, 0) is 74.9 Å². The van der Waals surface area contributed by atoms with Crippen LogP contribution in [0.15, 0.2) is 96.3 Å². The van der Waals surface area contributed by atoms with Gasteiger partial charge >= 0.3 is 23.9 Å². The van der Waals surface area contributed by atoms with Crippen molar-refractivity contribution in [3.63, 3.8) is 0 Å². The first-order valence-corrected chi connectivity index (χ1v) is 30.5. The Hall–Kier alpha value is -11.0. The molecule has 0 spiro atoms. The van der Waals surface area contributed by atoms with Crippen molar-refractivity contribution in [2.75, 3.05) is 71.8 Å². The number of carbonyl (C=O) groups is 11. The smallest absolute Gasteiger partial charge is 0.352 e. The van der Waals surface area contributed by atoms with E-state index in [2.05, 4.69) is 42.2 Å². The highest BCUT2D eigenvalue weighted by Crippen LogP contribution is 2.40. The van der Waals surface area contributed by atoms with Crippen LogP contribution in [0.1, 0.15) is 78.5 Å². The first-order valence-electron chi connectivity index (χ1n) is 29.4. The molecule has 0 bridgehead atoms. The van der Waals surface area contributed by atoms with E-state index in [-0.39, 0.29) is 63.9 Å². The van der Waals surface area contributed by atoms with E-state index in [0.717, 1.165) is 36.4 Å². The molecule has 34 nitrogen and oxygen atoms in total. The molecule has 96 heavy (non-hydrogen) atoms. The van der Waals surface area contributed by atoms with Crippen molar-refractivity contribution in [1.29, 1.82) is 0 Å². The maximum Gasteiger partial charge on any atom is 0.352 e. The number of aromatic hydroxyl groups is 6. The highest BCUT2D eigenvalue weighted by atomic mass is 32.2. The van der Waals surface area contributed by atoms with Crippen molar-refractivity contribution in [1.82, 2.24) is 51.8 Å². The SMILES string of the molecule is CC1=C(C(=O)O)N2C(=O)[C@@H](NC(=O)[C@H](NC(=O)CCCc3cn(CCOCCOCCOCCNC(=O)c4cc(O)c(O)c(C(=O)N[C@H]5COC(=O)[C@@H](NC(=O)c6cccc(O)c6O)COC(=O)[C@@H](NC(=O)c6cccc(O)c6O)COC5=O)c4)nn3)c3ccccc3)[C@H]2SC1. The van der Waals surface area contributed by atoms with Gasteiger partial charge in [0.1, 0.15) is 43.0 Å². The van der Waals surface area contributed by atoms with E-state index in [1.807, 2.05) is 0 Å². The van der Waals surface area contributed by atoms with Gasteiger partial charge in [0.15, 0.2) is 52.6 Å². The van der Waals surface area contributed by atoms with Crippen LogP contribution >= 0.6 is 11.8 Å². The number of esters is 3. The van der Waals surface area contributed by atoms with Crippen LogP contribution in [0, 0.1) is 0 Å². The second-order valence-corrected chi connectivity index (χ2v) is 22.5. The molecule has 6 atom stereocenters. The molecule has 7 amide bonds. The molecule has 5 aromatic rings. The second kappa shape index (κ2) is 33.2. The molecule has 0 saturated carbocycles. The number of amides is 7. The number of phenols is 6. The maximum atomic E-state index is 13.7. The van der Waals surface area contributed by atoms with Gasteiger partial charge in [-0.1, -0.05) is 47.7 Å². The second-order valence-electron chi connectivity index (χ2n) is 21.4. The number of carbonyl (C=O) groups excluding carboxylic acids is 10. The molecule has 8 rings (SSSR count). The first-order chi connectivity index (χ1) is 46.0. The lowest BCUT2D eigenvalue weighted by Crippen LogP contribution is -2.71.